The summed E-state index contributed by atoms with van der Waals surface area (Å²) in [5.74, 6) is 0.266. The molecule has 2 bridgehead atoms. The van der Waals surface area contributed by atoms with Crippen LogP contribution in [0.1, 0.15) is 32.1 Å². The molecule has 114 valence electrons. The van der Waals surface area contributed by atoms with Crippen LogP contribution in [0.5, 0.6) is 0 Å². The van der Waals surface area contributed by atoms with Crippen LogP contribution in [0.15, 0.2) is 0 Å². The van der Waals surface area contributed by atoms with Crippen molar-refractivity contribution in [2.24, 2.45) is 0 Å². The normalized spacial score (nSPS) is 39.8. The number of carbonyl (C=O) groups excluding carboxylic acids is 1. The number of aliphatic hydroxyl groups excluding tert-OH is 1. The van der Waals surface area contributed by atoms with E-state index in [9.17, 15) is 18.3 Å². The Morgan fingerprint density at radius 1 is 1.25 bits per heavy atom. The fraction of sp³-hybridized carbons (Fsp3) is 0.923. The first-order valence-electron chi connectivity index (χ1n) is 7.37. The molecule has 7 heteroatoms. The van der Waals surface area contributed by atoms with Gasteiger partial charge in [0.25, 0.3) is 0 Å². The summed E-state index contributed by atoms with van der Waals surface area (Å²) in [6.45, 7) is 0.436. The topological polar surface area (TPSA) is 86.7 Å². The molecule has 3 fully saturated rings. The Hall–Kier alpha value is -0.660. The Morgan fingerprint density at radius 2 is 1.90 bits per heavy atom. The Kier molecular flexibility index (Phi) is 3.77. The number of fused-ring (bicyclic) bond motifs is 2. The van der Waals surface area contributed by atoms with E-state index in [1.807, 2.05) is 4.90 Å². The molecule has 20 heavy (non-hydrogen) atoms. The molecule has 0 aromatic carbocycles. The predicted octanol–water partition coefficient (Wildman–Crippen LogP) is -0.723. The zero-order valence-corrected chi connectivity index (χ0v) is 12.3. The Labute approximate surface area is 119 Å². The summed E-state index contributed by atoms with van der Waals surface area (Å²) in [6, 6.07) is 0.0420. The lowest BCUT2D eigenvalue weighted by atomic mass is 9.99. The number of nitrogens with one attached hydrogen (secondary N) is 1. The number of piperidine rings is 1. The summed E-state index contributed by atoms with van der Waals surface area (Å²) in [7, 11) is -3.00. The standard InChI is InChI=1S/C13H22N2O4S/c16-12-6-10-1-2-11(7-12)15(10)13(17)5-9-8-20(18,19)4-3-14-9/h9-12,14,16H,1-8H2. The highest BCUT2D eigenvalue weighted by atomic mass is 32.2. The minimum atomic E-state index is -3.00. The van der Waals surface area contributed by atoms with Gasteiger partial charge in [-0.15, -0.1) is 0 Å². The second-order valence-corrected chi connectivity index (χ2v) is 8.51. The monoisotopic (exact) mass is 302 g/mol. The van der Waals surface area contributed by atoms with Gasteiger partial charge in [-0.1, -0.05) is 0 Å². The maximum Gasteiger partial charge on any atom is 0.224 e. The molecule has 0 radical (unpaired) electrons. The zero-order valence-electron chi connectivity index (χ0n) is 11.5. The summed E-state index contributed by atoms with van der Waals surface area (Å²) in [5.41, 5.74) is 0. The summed E-state index contributed by atoms with van der Waals surface area (Å²) in [4.78, 5) is 14.4. The number of amides is 1. The molecule has 6 nitrogen and oxygen atoms in total. The SMILES string of the molecule is O=C(CC1CS(=O)(=O)CCN1)N1C2CCC1CC(O)C2. The van der Waals surface area contributed by atoms with Gasteiger partial charge in [0, 0.05) is 31.1 Å². The van der Waals surface area contributed by atoms with Gasteiger partial charge in [-0.25, -0.2) is 8.42 Å². The van der Waals surface area contributed by atoms with Crippen LogP contribution in [0.3, 0.4) is 0 Å². The smallest absolute Gasteiger partial charge is 0.224 e. The van der Waals surface area contributed by atoms with Crippen molar-refractivity contribution in [3.8, 4) is 0 Å². The van der Waals surface area contributed by atoms with Gasteiger partial charge in [0.15, 0.2) is 9.84 Å². The van der Waals surface area contributed by atoms with E-state index in [-0.39, 0.29) is 48.1 Å². The summed E-state index contributed by atoms with van der Waals surface area (Å²) in [5, 5.41) is 12.9. The maximum absolute atomic E-state index is 12.5. The van der Waals surface area contributed by atoms with Crippen LogP contribution in [0.4, 0.5) is 0 Å². The number of carbonyl (C=O) groups is 1. The molecule has 2 N–H and O–H groups in total. The fourth-order valence-corrected chi connectivity index (χ4v) is 5.31. The zero-order chi connectivity index (χ0) is 14.3. The van der Waals surface area contributed by atoms with E-state index in [2.05, 4.69) is 5.32 Å². The summed E-state index contributed by atoms with van der Waals surface area (Å²) < 4.78 is 23.2. The third-order valence-electron chi connectivity index (χ3n) is 4.72. The van der Waals surface area contributed by atoms with Gasteiger partial charge in [0.1, 0.15) is 0 Å². The number of hydrogen-bond acceptors (Lipinski definition) is 5. The maximum atomic E-state index is 12.5. The molecular weight excluding hydrogens is 280 g/mol. The van der Waals surface area contributed by atoms with E-state index < -0.39 is 9.84 Å². The molecule has 3 aliphatic heterocycles. The van der Waals surface area contributed by atoms with Gasteiger partial charge in [-0.3, -0.25) is 4.79 Å². The second-order valence-electron chi connectivity index (χ2n) is 6.28. The molecule has 3 rings (SSSR count). The summed E-state index contributed by atoms with van der Waals surface area (Å²) in [6.07, 6.45) is 3.22. The third-order valence-corrected chi connectivity index (χ3v) is 6.45. The van der Waals surface area contributed by atoms with Crippen molar-refractivity contribution in [2.45, 2.75) is 56.3 Å². The first-order valence-corrected chi connectivity index (χ1v) is 9.20. The molecule has 3 heterocycles. The van der Waals surface area contributed by atoms with Crippen LogP contribution in [0.2, 0.25) is 0 Å². The predicted molar refractivity (Wildman–Crippen MR) is 74.0 cm³/mol. The average molecular weight is 302 g/mol. The Balaban J connectivity index is 1.62. The molecule has 0 saturated carbocycles. The van der Waals surface area contributed by atoms with E-state index in [1.165, 1.54) is 0 Å². The van der Waals surface area contributed by atoms with Crippen molar-refractivity contribution in [1.29, 1.82) is 0 Å². The van der Waals surface area contributed by atoms with Crippen LogP contribution >= 0.6 is 0 Å². The van der Waals surface area contributed by atoms with E-state index >= 15 is 0 Å². The van der Waals surface area contributed by atoms with Crippen LogP contribution in [-0.2, 0) is 14.6 Å². The third kappa shape index (κ3) is 2.84. The van der Waals surface area contributed by atoms with Crippen molar-refractivity contribution < 1.29 is 18.3 Å². The fourth-order valence-electron chi connectivity index (χ4n) is 3.87. The van der Waals surface area contributed by atoms with Gasteiger partial charge >= 0.3 is 0 Å². The van der Waals surface area contributed by atoms with Crippen LogP contribution in [0, 0.1) is 0 Å². The largest absolute Gasteiger partial charge is 0.393 e. The Bertz CT molecular complexity index is 479. The van der Waals surface area contributed by atoms with Gasteiger partial charge in [0.05, 0.1) is 17.6 Å². The minimum absolute atomic E-state index is 0.0407. The molecule has 0 aliphatic carbocycles. The van der Waals surface area contributed by atoms with Crippen LogP contribution in [-0.4, -0.2) is 66.6 Å². The van der Waals surface area contributed by atoms with E-state index in [0.717, 1.165) is 12.8 Å². The Morgan fingerprint density at radius 3 is 2.50 bits per heavy atom. The molecule has 3 saturated heterocycles. The average Bonchev–Trinajstić information content (AvgIpc) is 2.60. The molecule has 3 unspecified atom stereocenters. The lowest BCUT2D eigenvalue weighted by Gasteiger charge is -2.38. The van der Waals surface area contributed by atoms with E-state index in [0.29, 0.717) is 19.4 Å². The lowest BCUT2D eigenvalue weighted by Crippen LogP contribution is -2.52. The van der Waals surface area contributed by atoms with Gasteiger partial charge in [-0.05, 0) is 25.7 Å². The molecule has 3 atom stereocenters. The van der Waals surface area contributed by atoms with Gasteiger partial charge in [0.2, 0.25) is 5.91 Å². The molecule has 0 aromatic heterocycles. The molecule has 3 aliphatic rings. The van der Waals surface area contributed by atoms with E-state index in [1.54, 1.807) is 0 Å². The molecular formula is C13H22N2O4S. The molecule has 0 aromatic rings. The first-order chi connectivity index (χ1) is 9.44. The van der Waals surface area contributed by atoms with Crippen molar-refractivity contribution in [3.05, 3.63) is 0 Å². The van der Waals surface area contributed by atoms with Gasteiger partial charge < -0.3 is 15.3 Å². The number of sulfone groups is 1. The van der Waals surface area contributed by atoms with Gasteiger partial charge in [-0.2, -0.15) is 0 Å². The number of rotatable bonds is 2. The number of nitrogens with zero attached hydrogens (tertiary/aromatic N) is 1. The van der Waals surface area contributed by atoms with Crippen molar-refractivity contribution in [1.82, 2.24) is 10.2 Å². The lowest BCUT2D eigenvalue weighted by molar-refractivity contribution is -0.137. The highest BCUT2D eigenvalue weighted by Gasteiger charge is 2.43. The first kappa shape index (κ1) is 14.3. The van der Waals surface area contributed by atoms with Crippen molar-refractivity contribution in [3.63, 3.8) is 0 Å². The van der Waals surface area contributed by atoms with Crippen molar-refractivity contribution in [2.75, 3.05) is 18.1 Å². The highest BCUT2D eigenvalue weighted by Crippen LogP contribution is 2.36. The summed E-state index contributed by atoms with van der Waals surface area (Å²) >= 11 is 0. The molecule has 1 amide bonds. The van der Waals surface area contributed by atoms with Crippen LogP contribution in [0.25, 0.3) is 0 Å². The second kappa shape index (κ2) is 5.27. The number of hydrogen-bond donors (Lipinski definition) is 2. The van der Waals surface area contributed by atoms with Crippen molar-refractivity contribution >= 4 is 15.7 Å². The minimum Gasteiger partial charge on any atom is -0.393 e. The quantitative estimate of drug-likeness (QED) is 0.703. The number of aliphatic hydroxyl groups is 1. The molecule has 0 spiro atoms. The van der Waals surface area contributed by atoms with Crippen LogP contribution < -0.4 is 5.32 Å². The highest BCUT2D eigenvalue weighted by molar-refractivity contribution is 7.91. The van der Waals surface area contributed by atoms with E-state index in [4.69, 9.17) is 0 Å².